The molecule has 3 rings (SSSR count). The van der Waals surface area contributed by atoms with Gasteiger partial charge in [0.2, 0.25) is 5.91 Å². The van der Waals surface area contributed by atoms with Gasteiger partial charge in [-0.3, -0.25) is 4.79 Å². The Kier molecular flexibility index (Phi) is 5.05. The molecule has 4 nitrogen and oxygen atoms in total. The van der Waals surface area contributed by atoms with Crippen LogP contribution < -0.4 is 5.32 Å². The molecule has 0 aliphatic heterocycles. The van der Waals surface area contributed by atoms with Gasteiger partial charge in [0.15, 0.2) is 0 Å². The Balaban J connectivity index is 1.85. The van der Waals surface area contributed by atoms with Crippen molar-refractivity contribution in [2.24, 2.45) is 11.8 Å². The lowest BCUT2D eigenvalue weighted by atomic mass is 9.88. The maximum absolute atomic E-state index is 12.6. The lowest BCUT2D eigenvalue weighted by Crippen LogP contribution is -2.25. The van der Waals surface area contributed by atoms with Crippen LogP contribution in [0.3, 0.4) is 0 Å². The lowest BCUT2D eigenvalue weighted by molar-refractivity contribution is -0.120. The van der Waals surface area contributed by atoms with Gasteiger partial charge < -0.3 is 10.1 Å². The molecule has 1 fully saturated rings. The third-order valence-electron chi connectivity index (χ3n) is 5.11. The van der Waals surface area contributed by atoms with Crippen LogP contribution in [0.1, 0.15) is 66.2 Å². The predicted octanol–water partition coefficient (Wildman–Crippen LogP) is 4.18. The number of carbonyl (C=O) groups excluding carboxylic acids is 2. The number of nitrogens with one attached hydrogen (secondary N) is 1. The zero-order valence-electron chi connectivity index (χ0n) is 13.9. The maximum atomic E-state index is 12.6. The van der Waals surface area contributed by atoms with Crippen molar-refractivity contribution in [2.45, 2.75) is 58.3 Å². The van der Waals surface area contributed by atoms with E-state index in [9.17, 15) is 9.59 Å². The van der Waals surface area contributed by atoms with Crippen LogP contribution >= 0.6 is 11.3 Å². The molecule has 0 spiro atoms. The predicted molar refractivity (Wildman–Crippen MR) is 92.1 cm³/mol. The molecular weight excluding hydrogens is 310 g/mol. The van der Waals surface area contributed by atoms with E-state index in [2.05, 4.69) is 12.2 Å². The van der Waals surface area contributed by atoms with Gasteiger partial charge in [0, 0.05) is 10.8 Å². The fourth-order valence-corrected chi connectivity index (χ4v) is 5.14. The summed E-state index contributed by atoms with van der Waals surface area (Å²) in [6.45, 7) is 2.24. The summed E-state index contributed by atoms with van der Waals surface area (Å²) < 4.78 is 4.97. The molecule has 1 amide bonds. The summed E-state index contributed by atoms with van der Waals surface area (Å²) >= 11 is 1.57. The second-order valence-electron chi connectivity index (χ2n) is 6.87. The number of amides is 1. The van der Waals surface area contributed by atoms with E-state index in [0.29, 0.717) is 16.5 Å². The highest BCUT2D eigenvalue weighted by Crippen LogP contribution is 2.40. The molecule has 1 heterocycles. The number of esters is 1. The summed E-state index contributed by atoms with van der Waals surface area (Å²) in [6, 6.07) is 0. The summed E-state index contributed by atoms with van der Waals surface area (Å²) in [5.74, 6) is 0.471. The minimum absolute atomic E-state index is 0.0708. The smallest absolute Gasteiger partial charge is 0.341 e. The molecular formula is C18H25NO3S. The minimum Gasteiger partial charge on any atom is -0.465 e. The molecule has 2 aliphatic rings. The first-order valence-electron chi connectivity index (χ1n) is 8.63. The molecule has 1 aromatic heterocycles. The van der Waals surface area contributed by atoms with Gasteiger partial charge >= 0.3 is 5.97 Å². The molecule has 0 aromatic carbocycles. The molecule has 23 heavy (non-hydrogen) atoms. The number of fused-ring (bicyclic) bond motifs is 1. The van der Waals surface area contributed by atoms with Crippen LogP contribution in [0.5, 0.6) is 0 Å². The Bertz CT molecular complexity index is 602. The van der Waals surface area contributed by atoms with Gasteiger partial charge in [0.25, 0.3) is 0 Å². The Morgan fingerprint density at radius 2 is 1.91 bits per heavy atom. The van der Waals surface area contributed by atoms with Gasteiger partial charge in [-0.2, -0.15) is 0 Å². The van der Waals surface area contributed by atoms with Gasteiger partial charge in [-0.05, 0) is 43.6 Å². The van der Waals surface area contributed by atoms with E-state index >= 15 is 0 Å². The topological polar surface area (TPSA) is 55.4 Å². The van der Waals surface area contributed by atoms with Gasteiger partial charge in [-0.1, -0.05) is 26.2 Å². The first-order valence-corrected chi connectivity index (χ1v) is 9.45. The quantitative estimate of drug-likeness (QED) is 0.843. The van der Waals surface area contributed by atoms with E-state index in [4.69, 9.17) is 4.74 Å². The molecule has 0 bridgehead atoms. The molecule has 1 atom stereocenters. The Labute approximate surface area is 141 Å². The molecule has 0 saturated heterocycles. The van der Waals surface area contributed by atoms with E-state index in [-0.39, 0.29) is 17.8 Å². The van der Waals surface area contributed by atoms with Crippen molar-refractivity contribution in [2.75, 3.05) is 12.4 Å². The van der Waals surface area contributed by atoms with Crippen LogP contribution in [0.4, 0.5) is 5.00 Å². The zero-order valence-corrected chi connectivity index (χ0v) is 14.8. The summed E-state index contributed by atoms with van der Waals surface area (Å²) in [6.07, 6.45) is 8.37. The number of ether oxygens (including phenoxy) is 1. The molecule has 0 unspecified atom stereocenters. The third-order valence-corrected chi connectivity index (χ3v) is 6.28. The third kappa shape index (κ3) is 3.44. The van der Waals surface area contributed by atoms with Gasteiger partial charge in [0.1, 0.15) is 5.00 Å². The summed E-state index contributed by atoms with van der Waals surface area (Å²) in [5.41, 5.74) is 1.70. The Morgan fingerprint density at radius 3 is 2.61 bits per heavy atom. The van der Waals surface area contributed by atoms with Crippen molar-refractivity contribution in [3.8, 4) is 0 Å². The highest BCUT2D eigenvalue weighted by atomic mass is 32.1. The second-order valence-corrected chi connectivity index (χ2v) is 7.98. The Hall–Kier alpha value is -1.36. The van der Waals surface area contributed by atoms with Crippen molar-refractivity contribution in [1.29, 1.82) is 0 Å². The monoisotopic (exact) mass is 335 g/mol. The normalized spacial score (nSPS) is 21.6. The largest absolute Gasteiger partial charge is 0.465 e. The van der Waals surface area contributed by atoms with Crippen molar-refractivity contribution in [3.05, 3.63) is 16.0 Å². The average Bonchev–Trinajstić information content (AvgIpc) is 2.91. The standard InChI is InChI=1S/C18H25NO3S/c1-11-8-9-13-14(10-11)23-17(15(13)18(21)22-2)19-16(20)12-6-4-3-5-7-12/h11-12H,3-10H2,1-2H3,(H,19,20)/t11-/m1/s1. The van der Waals surface area contributed by atoms with Gasteiger partial charge in [-0.25, -0.2) is 4.79 Å². The molecule has 2 aliphatic carbocycles. The van der Waals surface area contributed by atoms with Gasteiger partial charge in [0.05, 0.1) is 12.7 Å². The maximum Gasteiger partial charge on any atom is 0.341 e. The number of methoxy groups -OCH3 is 1. The van der Waals surface area contributed by atoms with Crippen LogP contribution in [0.2, 0.25) is 0 Å². The number of hydrogen-bond donors (Lipinski definition) is 1. The molecule has 126 valence electrons. The summed E-state index contributed by atoms with van der Waals surface area (Å²) in [7, 11) is 1.41. The molecule has 1 saturated carbocycles. The van der Waals surface area contributed by atoms with Crippen molar-refractivity contribution in [3.63, 3.8) is 0 Å². The van der Waals surface area contributed by atoms with E-state index in [0.717, 1.165) is 50.5 Å². The molecule has 1 N–H and O–H groups in total. The minimum atomic E-state index is -0.323. The molecule has 5 heteroatoms. The fourth-order valence-electron chi connectivity index (χ4n) is 3.74. The summed E-state index contributed by atoms with van der Waals surface area (Å²) in [4.78, 5) is 26.0. The van der Waals surface area contributed by atoms with E-state index < -0.39 is 0 Å². The Morgan fingerprint density at radius 1 is 1.17 bits per heavy atom. The number of carbonyl (C=O) groups is 2. The summed E-state index contributed by atoms with van der Waals surface area (Å²) in [5, 5.41) is 3.75. The second kappa shape index (κ2) is 7.04. The van der Waals surface area contributed by atoms with E-state index in [1.807, 2.05) is 0 Å². The van der Waals surface area contributed by atoms with E-state index in [1.54, 1.807) is 11.3 Å². The SMILES string of the molecule is COC(=O)c1c(NC(=O)C2CCCCC2)sc2c1CC[C@@H](C)C2. The lowest BCUT2D eigenvalue weighted by Gasteiger charge is -2.20. The van der Waals surface area contributed by atoms with E-state index in [1.165, 1.54) is 18.4 Å². The van der Waals surface area contributed by atoms with Crippen LogP contribution in [0, 0.1) is 11.8 Å². The van der Waals surface area contributed by atoms with Crippen LogP contribution in [0.15, 0.2) is 0 Å². The highest BCUT2D eigenvalue weighted by molar-refractivity contribution is 7.17. The van der Waals surface area contributed by atoms with Crippen molar-refractivity contribution >= 4 is 28.2 Å². The number of rotatable bonds is 3. The van der Waals surface area contributed by atoms with Crippen LogP contribution in [-0.2, 0) is 22.4 Å². The van der Waals surface area contributed by atoms with Crippen LogP contribution in [0.25, 0.3) is 0 Å². The highest BCUT2D eigenvalue weighted by Gasteiger charge is 2.30. The van der Waals surface area contributed by atoms with Crippen LogP contribution in [-0.4, -0.2) is 19.0 Å². The average molecular weight is 335 g/mol. The zero-order chi connectivity index (χ0) is 16.4. The first-order chi connectivity index (χ1) is 11.1. The van der Waals surface area contributed by atoms with Crippen molar-refractivity contribution < 1.29 is 14.3 Å². The van der Waals surface area contributed by atoms with Gasteiger partial charge in [-0.15, -0.1) is 11.3 Å². The fraction of sp³-hybridized carbons (Fsp3) is 0.667. The molecule has 0 radical (unpaired) electrons. The number of anilines is 1. The number of hydrogen-bond acceptors (Lipinski definition) is 4. The van der Waals surface area contributed by atoms with Crippen molar-refractivity contribution in [1.82, 2.24) is 0 Å². The number of thiophene rings is 1. The first kappa shape index (κ1) is 16.5. The molecule has 1 aromatic rings.